The maximum atomic E-state index is 14.3. The molecule has 0 bridgehead atoms. The number of hydrogen-bond donors (Lipinski definition) is 0. The molecule has 0 aliphatic carbocycles. The van der Waals surface area contributed by atoms with Gasteiger partial charge in [-0.25, -0.2) is 9.18 Å². The zero-order chi connectivity index (χ0) is 24.9. The number of unbranched alkanes of at least 4 members (excludes halogenated alkanes) is 7. The summed E-state index contributed by atoms with van der Waals surface area (Å²) in [5.41, 5.74) is 1.22. The van der Waals surface area contributed by atoms with E-state index >= 15 is 0 Å². The van der Waals surface area contributed by atoms with Crippen molar-refractivity contribution in [1.29, 1.82) is 0 Å². The van der Waals surface area contributed by atoms with Gasteiger partial charge < -0.3 is 9.47 Å². The molecule has 2 aromatic rings. The number of carbonyl (C=O) groups excluding carboxylic acids is 2. The van der Waals surface area contributed by atoms with Gasteiger partial charge in [0.2, 0.25) is 0 Å². The first-order valence-electron chi connectivity index (χ1n) is 12.3. The lowest BCUT2D eigenvalue weighted by Gasteiger charge is -2.13. The SMILES string of the molecule is CCCCCCCCCCc1ccc(OC(=O)c2ccc(OC(=O)C(Cl)C(C)C)c(F)c2)cc1. The van der Waals surface area contributed by atoms with Crippen molar-refractivity contribution in [1.82, 2.24) is 0 Å². The van der Waals surface area contributed by atoms with Gasteiger partial charge in [-0.15, -0.1) is 11.6 Å². The van der Waals surface area contributed by atoms with E-state index in [4.69, 9.17) is 21.1 Å². The van der Waals surface area contributed by atoms with Gasteiger partial charge in [-0.1, -0.05) is 77.8 Å². The number of carbonyl (C=O) groups is 2. The summed E-state index contributed by atoms with van der Waals surface area (Å²) in [7, 11) is 0. The van der Waals surface area contributed by atoms with E-state index in [0.717, 1.165) is 18.9 Å². The van der Waals surface area contributed by atoms with E-state index in [1.165, 1.54) is 62.6 Å². The van der Waals surface area contributed by atoms with Crippen LogP contribution in [0.1, 0.15) is 88.1 Å². The van der Waals surface area contributed by atoms with Crippen molar-refractivity contribution in [2.45, 2.75) is 83.9 Å². The van der Waals surface area contributed by atoms with E-state index in [9.17, 15) is 14.0 Å². The molecule has 0 heterocycles. The molecule has 2 rings (SSSR count). The third kappa shape index (κ3) is 9.46. The Hall–Kier alpha value is -2.40. The fourth-order valence-corrected chi connectivity index (χ4v) is 3.55. The van der Waals surface area contributed by atoms with E-state index in [1.54, 1.807) is 26.0 Å². The molecular weight excluding hydrogens is 455 g/mol. The minimum absolute atomic E-state index is 0.0200. The summed E-state index contributed by atoms with van der Waals surface area (Å²) in [6.07, 6.45) is 11.2. The molecule has 1 unspecified atom stereocenters. The summed E-state index contributed by atoms with van der Waals surface area (Å²) in [4.78, 5) is 24.3. The van der Waals surface area contributed by atoms with Crippen molar-refractivity contribution in [3.05, 3.63) is 59.4 Å². The van der Waals surface area contributed by atoms with Gasteiger partial charge in [0.1, 0.15) is 11.1 Å². The normalized spacial score (nSPS) is 11.9. The quantitative estimate of drug-likeness (QED) is 0.117. The highest BCUT2D eigenvalue weighted by molar-refractivity contribution is 6.30. The van der Waals surface area contributed by atoms with Crippen molar-refractivity contribution < 1.29 is 23.5 Å². The van der Waals surface area contributed by atoms with Crippen LogP contribution in [0.15, 0.2) is 42.5 Å². The van der Waals surface area contributed by atoms with E-state index in [1.807, 2.05) is 12.1 Å². The Morgan fingerprint density at radius 1 is 0.882 bits per heavy atom. The molecule has 0 aliphatic heterocycles. The number of hydrogen-bond acceptors (Lipinski definition) is 4. The van der Waals surface area contributed by atoms with Crippen LogP contribution >= 0.6 is 11.6 Å². The summed E-state index contributed by atoms with van der Waals surface area (Å²) < 4.78 is 24.7. The molecule has 4 nitrogen and oxygen atoms in total. The second kappa shape index (κ2) is 14.8. The Bertz CT molecular complexity index is 911. The van der Waals surface area contributed by atoms with Crippen molar-refractivity contribution in [3.63, 3.8) is 0 Å². The molecule has 0 aromatic heterocycles. The number of halogens is 2. The Labute approximate surface area is 207 Å². The van der Waals surface area contributed by atoms with Gasteiger partial charge in [-0.3, -0.25) is 4.79 Å². The second-order valence-electron chi connectivity index (χ2n) is 8.97. The highest BCUT2D eigenvalue weighted by Crippen LogP contribution is 2.23. The summed E-state index contributed by atoms with van der Waals surface area (Å²) in [6, 6.07) is 11.0. The van der Waals surface area contributed by atoms with Crippen LogP contribution in [0.4, 0.5) is 4.39 Å². The highest BCUT2D eigenvalue weighted by atomic mass is 35.5. The fraction of sp³-hybridized carbons (Fsp3) is 0.500. The largest absolute Gasteiger partial charge is 0.423 e. The smallest absolute Gasteiger partial charge is 0.343 e. The first kappa shape index (κ1) is 27.8. The van der Waals surface area contributed by atoms with E-state index in [-0.39, 0.29) is 17.2 Å². The molecule has 2 aromatic carbocycles. The van der Waals surface area contributed by atoms with Gasteiger partial charge in [0, 0.05) is 0 Å². The lowest BCUT2D eigenvalue weighted by atomic mass is 10.0. The zero-order valence-electron chi connectivity index (χ0n) is 20.4. The van der Waals surface area contributed by atoms with E-state index in [2.05, 4.69) is 6.92 Å². The van der Waals surface area contributed by atoms with Crippen molar-refractivity contribution in [3.8, 4) is 11.5 Å². The Morgan fingerprint density at radius 2 is 1.50 bits per heavy atom. The van der Waals surface area contributed by atoms with Crippen LogP contribution in [0.25, 0.3) is 0 Å². The lowest BCUT2D eigenvalue weighted by Crippen LogP contribution is -2.25. The number of rotatable bonds is 14. The number of ether oxygens (including phenoxy) is 2. The fourth-order valence-electron chi connectivity index (χ4n) is 3.50. The molecule has 0 saturated carbocycles. The maximum Gasteiger partial charge on any atom is 0.343 e. The van der Waals surface area contributed by atoms with Crippen LogP contribution in [0, 0.1) is 11.7 Å². The summed E-state index contributed by atoms with van der Waals surface area (Å²) >= 11 is 5.94. The molecule has 6 heteroatoms. The topological polar surface area (TPSA) is 52.6 Å². The van der Waals surface area contributed by atoms with Crippen molar-refractivity contribution in [2.75, 3.05) is 0 Å². The Kier molecular flexibility index (Phi) is 12.1. The van der Waals surface area contributed by atoms with Gasteiger partial charge in [-0.05, 0) is 54.7 Å². The van der Waals surface area contributed by atoms with Crippen LogP contribution in [-0.4, -0.2) is 17.3 Å². The second-order valence-corrected chi connectivity index (χ2v) is 9.44. The van der Waals surface area contributed by atoms with Crippen LogP contribution in [0.2, 0.25) is 0 Å². The number of aryl methyl sites for hydroxylation is 1. The molecule has 0 spiro atoms. The first-order chi connectivity index (χ1) is 16.3. The molecule has 0 aliphatic rings. The minimum atomic E-state index is -0.887. The molecule has 0 radical (unpaired) electrons. The number of benzene rings is 2. The number of esters is 2. The third-order valence-corrected chi connectivity index (χ3v) is 6.32. The van der Waals surface area contributed by atoms with E-state index in [0.29, 0.717) is 5.75 Å². The Morgan fingerprint density at radius 3 is 2.09 bits per heavy atom. The molecule has 0 fully saturated rings. The molecule has 0 amide bonds. The molecule has 186 valence electrons. The summed E-state index contributed by atoms with van der Waals surface area (Å²) in [6.45, 7) is 5.75. The zero-order valence-corrected chi connectivity index (χ0v) is 21.2. The van der Waals surface area contributed by atoms with Gasteiger partial charge in [0.15, 0.2) is 11.6 Å². The average Bonchev–Trinajstić information content (AvgIpc) is 2.82. The van der Waals surface area contributed by atoms with Crippen molar-refractivity contribution >= 4 is 23.5 Å². The Balaban J connectivity index is 1.80. The average molecular weight is 491 g/mol. The van der Waals surface area contributed by atoms with Crippen LogP contribution in [0.5, 0.6) is 11.5 Å². The van der Waals surface area contributed by atoms with Crippen LogP contribution < -0.4 is 9.47 Å². The van der Waals surface area contributed by atoms with Crippen molar-refractivity contribution in [2.24, 2.45) is 5.92 Å². The predicted molar refractivity (Wildman–Crippen MR) is 134 cm³/mol. The monoisotopic (exact) mass is 490 g/mol. The van der Waals surface area contributed by atoms with Crippen LogP contribution in [0.3, 0.4) is 0 Å². The van der Waals surface area contributed by atoms with E-state index < -0.39 is 23.1 Å². The predicted octanol–water partition coefficient (Wildman–Crippen LogP) is 7.90. The highest BCUT2D eigenvalue weighted by Gasteiger charge is 2.23. The molecule has 34 heavy (non-hydrogen) atoms. The molecular formula is C28H36ClFO4. The van der Waals surface area contributed by atoms with Gasteiger partial charge in [-0.2, -0.15) is 0 Å². The third-order valence-electron chi connectivity index (χ3n) is 5.64. The standard InChI is InChI=1S/C28H36ClFO4/c1-4-5-6-7-8-9-10-11-12-21-13-16-23(17-14-21)33-27(31)22-15-18-25(24(30)19-22)34-28(32)26(29)20(2)3/h13-20,26H,4-12H2,1-3H3. The van der Waals surface area contributed by atoms with Crippen LogP contribution in [-0.2, 0) is 11.2 Å². The van der Waals surface area contributed by atoms with Gasteiger partial charge in [0.05, 0.1) is 5.56 Å². The maximum absolute atomic E-state index is 14.3. The lowest BCUT2D eigenvalue weighted by molar-refractivity contribution is -0.134. The summed E-state index contributed by atoms with van der Waals surface area (Å²) in [5.74, 6) is -2.31. The van der Waals surface area contributed by atoms with Gasteiger partial charge >= 0.3 is 11.9 Å². The molecule has 0 N–H and O–H groups in total. The first-order valence-corrected chi connectivity index (χ1v) is 12.7. The summed E-state index contributed by atoms with van der Waals surface area (Å²) in [5, 5.41) is -0.887. The molecule has 0 saturated heterocycles. The minimum Gasteiger partial charge on any atom is -0.423 e. The van der Waals surface area contributed by atoms with Gasteiger partial charge in [0.25, 0.3) is 0 Å². The number of alkyl halides is 1. The molecule has 1 atom stereocenters.